The molecule has 0 amide bonds. The summed E-state index contributed by atoms with van der Waals surface area (Å²) >= 11 is 0. The van der Waals surface area contributed by atoms with Crippen molar-refractivity contribution in [1.29, 1.82) is 0 Å². The van der Waals surface area contributed by atoms with E-state index in [2.05, 4.69) is 20.8 Å². The van der Waals surface area contributed by atoms with Crippen molar-refractivity contribution in [2.45, 2.75) is 52.9 Å². The number of hydrogen-bond acceptors (Lipinski definition) is 1. The number of hydrogen-bond donors (Lipinski definition) is 0. The number of carbonyl (C=O) groups excluding carboxylic acids is 1. The molecule has 0 heterocycles. The molecule has 1 nitrogen and oxygen atoms in total. The minimum absolute atomic E-state index is 0.270. The monoisotopic (exact) mass is 220 g/mol. The first-order valence-electron chi connectivity index (χ1n) is 6.99. The van der Waals surface area contributed by atoms with Gasteiger partial charge in [0.1, 0.15) is 6.29 Å². The Balaban J connectivity index is 2.00. The lowest BCUT2D eigenvalue weighted by molar-refractivity contribution is -0.115. The minimum atomic E-state index is 0.270. The van der Waals surface area contributed by atoms with E-state index < -0.39 is 0 Å². The van der Waals surface area contributed by atoms with Crippen LogP contribution in [0.5, 0.6) is 0 Å². The Morgan fingerprint density at radius 1 is 1.19 bits per heavy atom. The van der Waals surface area contributed by atoms with Crippen molar-refractivity contribution in [2.75, 3.05) is 0 Å². The zero-order valence-corrected chi connectivity index (χ0v) is 10.8. The summed E-state index contributed by atoms with van der Waals surface area (Å²) in [5.74, 6) is 2.81. The standard InChI is InChI=1S/C15H24O/c1-10(9-16)13-6-7-14(2)11-4-5-12(8-11)15(13,14)3/h9-13H,4-8H2,1-3H3/t10?,11-,12+,13-,14+,15+/m0/s1. The molecule has 1 unspecified atom stereocenters. The maximum Gasteiger partial charge on any atom is 0.123 e. The van der Waals surface area contributed by atoms with E-state index in [1.165, 1.54) is 38.4 Å². The summed E-state index contributed by atoms with van der Waals surface area (Å²) in [6.07, 6.45) is 8.20. The highest BCUT2D eigenvalue weighted by Gasteiger charge is 2.68. The largest absolute Gasteiger partial charge is 0.303 e. The highest BCUT2D eigenvalue weighted by atomic mass is 16.1. The first-order valence-corrected chi connectivity index (χ1v) is 6.99. The lowest BCUT2D eigenvalue weighted by atomic mass is 9.55. The van der Waals surface area contributed by atoms with Gasteiger partial charge in [-0.05, 0) is 60.7 Å². The second kappa shape index (κ2) is 3.11. The molecule has 3 fully saturated rings. The summed E-state index contributed by atoms with van der Waals surface area (Å²) in [6.45, 7) is 7.17. The van der Waals surface area contributed by atoms with Gasteiger partial charge in [-0.25, -0.2) is 0 Å². The topological polar surface area (TPSA) is 17.1 Å². The molecule has 16 heavy (non-hydrogen) atoms. The highest BCUT2D eigenvalue weighted by Crippen LogP contribution is 2.75. The van der Waals surface area contributed by atoms with Gasteiger partial charge in [0.25, 0.3) is 0 Å². The van der Waals surface area contributed by atoms with Gasteiger partial charge in [0, 0.05) is 5.92 Å². The molecule has 90 valence electrons. The molecule has 0 aromatic heterocycles. The molecule has 6 atom stereocenters. The lowest BCUT2D eigenvalue weighted by Gasteiger charge is -2.49. The van der Waals surface area contributed by atoms with E-state index in [4.69, 9.17) is 0 Å². The van der Waals surface area contributed by atoms with Crippen LogP contribution in [0.4, 0.5) is 0 Å². The zero-order chi connectivity index (χ0) is 11.6. The molecular weight excluding hydrogens is 196 g/mol. The third kappa shape index (κ3) is 0.966. The second-order valence-electron chi connectivity index (χ2n) is 7.05. The van der Waals surface area contributed by atoms with Crippen LogP contribution in [0.15, 0.2) is 0 Å². The van der Waals surface area contributed by atoms with Crippen molar-refractivity contribution in [3.05, 3.63) is 0 Å². The molecular formula is C15H24O. The second-order valence-corrected chi connectivity index (χ2v) is 7.05. The van der Waals surface area contributed by atoms with Gasteiger partial charge in [-0.3, -0.25) is 0 Å². The minimum Gasteiger partial charge on any atom is -0.303 e. The fourth-order valence-electron chi connectivity index (χ4n) is 5.87. The van der Waals surface area contributed by atoms with Gasteiger partial charge < -0.3 is 4.79 Å². The SMILES string of the molecule is CC(C=O)[C@@H]1CC[C@]2(C)[C@H]3CC[C@H](C3)[C@]12C. The number of rotatable bonds is 2. The molecule has 0 saturated heterocycles. The molecule has 0 spiro atoms. The maximum atomic E-state index is 11.1. The van der Waals surface area contributed by atoms with Gasteiger partial charge in [0.15, 0.2) is 0 Å². The predicted octanol–water partition coefficient (Wildman–Crippen LogP) is 3.67. The zero-order valence-electron chi connectivity index (χ0n) is 10.8. The van der Waals surface area contributed by atoms with E-state index in [-0.39, 0.29) is 5.92 Å². The van der Waals surface area contributed by atoms with Gasteiger partial charge in [0.05, 0.1) is 0 Å². The van der Waals surface area contributed by atoms with Gasteiger partial charge in [0.2, 0.25) is 0 Å². The number of aldehydes is 1. The van der Waals surface area contributed by atoms with Crippen LogP contribution in [0.3, 0.4) is 0 Å². The smallest absolute Gasteiger partial charge is 0.123 e. The first-order chi connectivity index (χ1) is 7.54. The number of fused-ring (bicyclic) bond motifs is 5. The summed E-state index contributed by atoms with van der Waals surface area (Å²) in [5, 5.41) is 0. The Morgan fingerprint density at radius 2 is 1.88 bits per heavy atom. The van der Waals surface area contributed by atoms with Crippen molar-refractivity contribution in [3.8, 4) is 0 Å². The van der Waals surface area contributed by atoms with Crippen molar-refractivity contribution in [2.24, 2.45) is 34.5 Å². The molecule has 3 aliphatic carbocycles. The molecule has 2 bridgehead atoms. The van der Waals surface area contributed by atoms with Crippen molar-refractivity contribution >= 4 is 6.29 Å². The van der Waals surface area contributed by atoms with Gasteiger partial charge in [-0.1, -0.05) is 20.8 Å². The van der Waals surface area contributed by atoms with Crippen LogP contribution >= 0.6 is 0 Å². The fraction of sp³-hybridized carbons (Fsp3) is 0.933. The molecule has 3 aliphatic rings. The Hall–Kier alpha value is -0.330. The van der Waals surface area contributed by atoms with Gasteiger partial charge >= 0.3 is 0 Å². The highest BCUT2D eigenvalue weighted by molar-refractivity contribution is 5.54. The van der Waals surface area contributed by atoms with Crippen LogP contribution in [-0.4, -0.2) is 6.29 Å². The van der Waals surface area contributed by atoms with E-state index in [0.717, 1.165) is 11.8 Å². The molecule has 0 aliphatic heterocycles. The summed E-state index contributed by atoms with van der Waals surface area (Å²) < 4.78 is 0. The Labute approximate surface area is 99.0 Å². The summed E-state index contributed by atoms with van der Waals surface area (Å²) in [6, 6.07) is 0. The van der Waals surface area contributed by atoms with Crippen LogP contribution in [0.25, 0.3) is 0 Å². The molecule has 0 radical (unpaired) electrons. The van der Waals surface area contributed by atoms with Crippen LogP contribution in [0, 0.1) is 34.5 Å². The van der Waals surface area contributed by atoms with E-state index in [1.54, 1.807) is 0 Å². The first kappa shape index (κ1) is 10.8. The summed E-state index contributed by atoms with van der Waals surface area (Å²) in [4.78, 5) is 11.1. The van der Waals surface area contributed by atoms with E-state index in [9.17, 15) is 4.79 Å². The molecule has 0 aromatic carbocycles. The van der Waals surface area contributed by atoms with Crippen molar-refractivity contribution in [1.82, 2.24) is 0 Å². The predicted molar refractivity (Wildman–Crippen MR) is 65.0 cm³/mol. The normalized spacial score (nSPS) is 56.3. The van der Waals surface area contributed by atoms with Crippen LogP contribution in [0.1, 0.15) is 52.9 Å². The summed E-state index contributed by atoms with van der Waals surface area (Å²) in [5.41, 5.74) is 1.02. The van der Waals surface area contributed by atoms with Crippen molar-refractivity contribution in [3.63, 3.8) is 0 Å². The van der Waals surface area contributed by atoms with Crippen molar-refractivity contribution < 1.29 is 4.79 Å². The number of carbonyl (C=O) groups is 1. The molecule has 3 saturated carbocycles. The van der Waals surface area contributed by atoms with E-state index in [0.29, 0.717) is 16.7 Å². The molecule has 0 aromatic rings. The molecule has 0 N–H and O–H groups in total. The third-order valence-electron chi connectivity index (χ3n) is 7.01. The van der Waals surface area contributed by atoms with E-state index in [1.807, 2.05) is 0 Å². The summed E-state index contributed by atoms with van der Waals surface area (Å²) in [7, 11) is 0. The Morgan fingerprint density at radius 3 is 2.56 bits per heavy atom. The van der Waals surface area contributed by atoms with E-state index >= 15 is 0 Å². The maximum absolute atomic E-state index is 11.1. The van der Waals surface area contributed by atoms with Gasteiger partial charge in [-0.2, -0.15) is 0 Å². The molecule has 3 rings (SSSR count). The average Bonchev–Trinajstić information content (AvgIpc) is 2.88. The quantitative estimate of drug-likeness (QED) is 0.649. The fourth-order valence-corrected chi connectivity index (χ4v) is 5.87. The van der Waals surface area contributed by atoms with Crippen LogP contribution < -0.4 is 0 Å². The third-order valence-corrected chi connectivity index (χ3v) is 7.01. The average molecular weight is 220 g/mol. The van der Waals surface area contributed by atoms with Crippen LogP contribution in [-0.2, 0) is 4.79 Å². The lowest BCUT2D eigenvalue weighted by Crippen LogP contribution is -2.44. The Bertz CT molecular complexity index is 323. The van der Waals surface area contributed by atoms with Gasteiger partial charge in [-0.15, -0.1) is 0 Å². The molecule has 1 heteroatoms. The Kier molecular flexibility index (Phi) is 2.10. The van der Waals surface area contributed by atoms with Crippen LogP contribution in [0.2, 0.25) is 0 Å².